The molecule has 2 aromatic carbocycles. The molecule has 6 heteroatoms. The number of rotatable bonds is 4. The average Bonchev–Trinajstić information content (AvgIpc) is 3.42. The number of anilines is 2. The fraction of sp³-hybridized carbons (Fsp3) is 0.261. The van der Waals surface area contributed by atoms with E-state index < -0.39 is 0 Å². The molecule has 1 aliphatic heterocycles. The third kappa shape index (κ3) is 2.75. The fourth-order valence-corrected chi connectivity index (χ4v) is 4.85. The fourth-order valence-electron chi connectivity index (χ4n) is 4.85. The second-order valence-electron chi connectivity index (χ2n) is 7.75. The third-order valence-corrected chi connectivity index (χ3v) is 6.16. The summed E-state index contributed by atoms with van der Waals surface area (Å²) in [5.41, 5.74) is 1.43. The zero-order valence-electron chi connectivity index (χ0n) is 15.9. The number of carbonyl (C=O) groups excluding carboxylic acids is 3. The summed E-state index contributed by atoms with van der Waals surface area (Å²) in [5, 5.41) is 2.82. The summed E-state index contributed by atoms with van der Waals surface area (Å²) >= 11 is 0. The molecule has 3 amide bonds. The molecule has 0 radical (unpaired) electrons. The molecular formula is C23H20N2O4. The first-order valence-corrected chi connectivity index (χ1v) is 9.68. The van der Waals surface area contributed by atoms with E-state index in [0.29, 0.717) is 22.7 Å². The quantitative estimate of drug-likeness (QED) is 0.644. The van der Waals surface area contributed by atoms with E-state index in [1.165, 1.54) is 4.90 Å². The van der Waals surface area contributed by atoms with Gasteiger partial charge in [-0.2, -0.15) is 0 Å². The number of imide groups is 1. The standard InChI is InChI=1S/C23H20N2O4/c1-29-18-7-3-5-16(12-18)24-21(26)15-4-2-6-17(11-15)25-22(27)19-13-8-9-14(10-13)20(19)23(25)28/h2-9,11-14,19-20H,10H2,1H3,(H,24,26)/t13-,14-,19-,20+/m1/s1. The Kier molecular flexibility index (Phi) is 4.01. The molecule has 1 heterocycles. The molecule has 4 atom stereocenters. The summed E-state index contributed by atoms with van der Waals surface area (Å²) in [6, 6.07) is 13.7. The molecule has 2 aliphatic carbocycles. The van der Waals surface area contributed by atoms with Crippen LogP contribution in [0.1, 0.15) is 16.8 Å². The number of hydrogen-bond donors (Lipinski definition) is 1. The smallest absolute Gasteiger partial charge is 0.255 e. The van der Waals surface area contributed by atoms with E-state index in [4.69, 9.17) is 4.74 Å². The molecule has 2 bridgehead atoms. The minimum atomic E-state index is -0.318. The van der Waals surface area contributed by atoms with E-state index in [-0.39, 0.29) is 41.4 Å². The predicted octanol–water partition coefficient (Wildman–Crippen LogP) is 3.26. The van der Waals surface area contributed by atoms with Crippen molar-refractivity contribution < 1.29 is 19.1 Å². The summed E-state index contributed by atoms with van der Waals surface area (Å²) in [4.78, 5) is 39.9. The Hall–Kier alpha value is -3.41. The molecule has 1 saturated heterocycles. The lowest BCUT2D eigenvalue weighted by Crippen LogP contribution is -2.33. The summed E-state index contributed by atoms with van der Waals surface area (Å²) in [5.74, 6) is -0.180. The van der Waals surface area contributed by atoms with Crippen LogP contribution >= 0.6 is 0 Å². The van der Waals surface area contributed by atoms with E-state index >= 15 is 0 Å². The Morgan fingerprint density at radius 3 is 2.38 bits per heavy atom. The maximum atomic E-state index is 13.0. The van der Waals surface area contributed by atoms with Gasteiger partial charge in [-0.15, -0.1) is 0 Å². The minimum absolute atomic E-state index is 0.151. The monoisotopic (exact) mass is 388 g/mol. The Morgan fingerprint density at radius 2 is 1.69 bits per heavy atom. The summed E-state index contributed by atoms with van der Waals surface area (Å²) in [7, 11) is 1.56. The topological polar surface area (TPSA) is 75.7 Å². The van der Waals surface area contributed by atoms with Gasteiger partial charge in [0, 0.05) is 17.3 Å². The van der Waals surface area contributed by atoms with Gasteiger partial charge in [0.1, 0.15) is 5.75 Å². The second-order valence-corrected chi connectivity index (χ2v) is 7.75. The highest BCUT2D eigenvalue weighted by Gasteiger charge is 2.59. The number of ether oxygens (including phenoxy) is 1. The highest BCUT2D eigenvalue weighted by atomic mass is 16.5. The number of fused-ring (bicyclic) bond motifs is 5. The predicted molar refractivity (Wildman–Crippen MR) is 108 cm³/mol. The number of nitrogens with zero attached hydrogens (tertiary/aromatic N) is 1. The number of methoxy groups -OCH3 is 1. The van der Waals surface area contributed by atoms with Crippen LogP contribution in [0.3, 0.4) is 0 Å². The van der Waals surface area contributed by atoms with Gasteiger partial charge in [-0.1, -0.05) is 24.3 Å². The molecule has 6 nitrogen and oxygen atoms in total. The van der Waals surface area contributed by atoms with E-state index in [1.807, 2.05) is 0 Å². The van der Waals surface area contributed by atoms with Crippen LogP contribution in [-0.2, 0) is 9.59 Å². The second kappa shape index (κ2) is 6.58. The molecule has 1 N–H and O–H groups in total. The first-order valence-electron chi connectivity index (χ1n) is 9.68. The summed E-state index contributed by atoms with van der Waals surface area (Å²) in [6.45, 7) is 0. The SMILES string of the molecule is COc1cccc(NC(=O)c2cccc(N3C(=O)[C@@H]4[C@H](C3=O)[C@@H]3C=C[C@@H]4C3)c2)c1. The third-order valence-electron chi connectivity index (χ3n) is 6.16. The number of amides is 3. The minimum Gasteiger partial charge on any atom is -0.497 e. The van der Waals surface area contributed by atoms with Crippen molar-refractivity contribution in [1.29, 1.82) is 0 Å². The molecule has 1 saturated carbocycles. The van der Waals surface area contributed by atoms with Crippen molar-refractivity contribution in [3.63, 3.8) is 0 Å². The lowest BCUT2D eigenvalue weighted by Gasteiger charge is -2.18. The van der Waals surface area contributed by atoms with Gasteiger partial charge in [-0.25, -0.2) is 4.90 Å². The van der Waals surface area contributed by atoms with Crippen molar-refractivity contribution >= 4 is 29.1 Å². The van der Waals surface area contributed by atoms with Crippen molar-refractivity contribution in [2.45, 2.75) is 6.42 Å². The molecule has 0 spiro atoms. The maximum absolute atomic E-state index is 13.0. The van der Waals surface area contributed by atoms with E-state index in [1.54, 1.807) is 55.6 Å². The normalized spacial score (nSPS) is 26.7. The van der Waals surface area contributed by atoms with Crippen molar-refractivity contribution in [2.24, 2.45) is 23.7 Å². The Labute approximate surface area is 168 Å². The van der Waals surface area contributed by atoms with Gasteiger partial charge < -0.3 is 10.1 Å². The molecule has 5 rings (SSSR count). The van der Waals surface area contributed by atoms with Gasteiger partial charge in [0.2, 0.25) is 11.8 Å². The van der Waals surface area contributed by atoms with Crippen LogP contribution in [0.4, 0.5) is 11.4 Å². The van der Waals surface area contributed by atoms with Crippen LogP contribution in [0, 0.1) is 23.7 Å². The van der Waals surface area contributed by atoms with Crippen molar-refractivity contribution in [1.82, 2.24) is 0 Å². The number of allylic oxidation sites excluding steroid dienone is 2. The van der Waals surface area contributed by atoms with Gasteiger partial charge in [0.25, 0.3) is 5.91 Å². The molecule has 2 fully saturated rings. The van der Waals surface area contributed by atoms with Gasteiger partial charge >= 0.3 is 0 Å². The molecular weight excluding hydrogens is 368 g/mol. The van der Waals surface area contributed by atoms with Crippen molar-refractivity contribution in [3.05, 3.63) is 66.2 Å². The number of benzene rings is 2. The largest absolute Gasteiger partial charge is 0.497 e. The van der Waals surface area contributed by atoms with Crippen LogP contribution in [0.15, 0.2) is 60.7 Å². The van der Waals surface area contributed by atoms with Gasteiger partial charge in [0.05, 0.1) is 24.6 Å². The molecule has 3 aliphatic rings. The zero-order valence-corrected chi connectivity index (χ0v) is 15.9. The van der Waals surface area contributed by atoms with E-state index in [0.717, 1.165) is 6.42 Å². The molecule has 2 aromatic rings. The first kappa shape index (κ1) is 17.7. The number of carbonyl (C=O) groups is 3. The highest BCUT2D eigenvalue weighted by molar-refractivity contribution is 6.23. The zero-order chi connectivity index (χ0) is 20.1. The van der Waals surface area contributed by atoms with Crippen LogP contribution in [0.25, 0.3) is 0 Å². The van der Waals surface area contributed by atoms with Crippen LogP contribution in [0.5, 0.6) is 5.75 Å². The van der Waals surface area contributed by atoms with E-state index in [2.05, 4.69) is 17.5 Å². The van der Waals surface area contributed by atoms with Gasteiger partial charge in [-0.3, -0.25) is 14.4 Å². The lowest BCUT2D eigenvalue weighted by molar-refractivity contribution is -0.123. The van der Waals surface area contributed by atoms with Crippen LogP contribution in [0.2, 0.25) is 0 Å². The molecule has 0 aromatic heterocycles. The Balaban J connectivity index is 1.39. The van der Waals surface area contributed by atoms with Crippen LogP contribution < -0.4 is 15.0 Å². The van der Waals surface area contributed by atoms with Crippen molar-refractivity contribution in [2.75, 3.05) is 17.3 Å². The molecule has 0 unspecified atom stereocenters. The lowest BCUT2D eigenvalue weighted by atomic mass is 9.85. The van der Waals surface area contributed by atoms with Crippen molar-refractivity contribution in [3.8, 4) is 5.75 Å². The van der Waals surface area contributed by atoms with Crippen LogP contribution in [-0.4, -0.2) is 24.8 Å². The summed E-state index contributed by atoms with van der Waals surface area (Å²) in [6.07, 6.45) is 5.03. The van der Waals surface area contributed by atoms with E-state index in [9.17, 15) is 14.4 Å². The number of nitrogens with one attached hydrogen (secondary N) is 1. The maximum Gasteiger partial charge on any atom is 0.255 e. The summed E-state index contributed by atoms with van der Waals surface area (Å²) < 4.78 is 5.17. The average molecular weight is 388 g/mol. The van der Waals surface area contributed by atoms with Gasteiger partial charge in [0.15, 0.2) is 0 Å². The van der Waals surface area contributed by atoms with Gasteiger partial charge in [-0.05, 0) is 48.6 Å². The molecule has 29 heavy (non-hydrogen) atoms. The Bertz CT molecular complexity index is 1030. The number of hydrogen-bond acceptors (Lipinski definition) is 4. The highest BCUT2D eigenvalue weighted by Crippen LogP contribution is 2.53. The Morgan fingerprint density at radius 1 is 1.00 bits per heavy atom. The molecule has 146 valence electrons. The first-order chi connectivity index (χ1) is 14.1.